The van der Waals surface area contributed by atoms with Crippen molar-refractivity contribution >= 4 is 11.9 Å². The number of hydrogen-bond acceptors (Lipinski definition) is 5. The third kappa shape index (κ3) is 4.87. The van der Waals surface area contributed by atoms with Gasteiger partial charge in [-0.2, -0.15) is 0 Å². The van der Waals surface area contributed by atoms with Gasteiger partial charge in [0.25, 0.3) is 5.91 Å². The minimum Gasteiger partial charge on any atom is -0.480 e. The van der Waals surface area contributed by atoms with Crippen molar-refractivity contribution in [1.82, 2.24) is 25.3 Å². The highest BCUT2D eigenvalue weighted by atomic mass is 16.4. The summed E-state index contributed by atoms with van der Waals surface area (Å²) in [5.74, 6) is -1.46. The molecule has 0 aliphatic carbocycles. The van der Waals surface area contributed by atoms with Gasteiger partial charge in [0, 0.05) is 6.20 Å². The number of carboxylic acid groups (broad SMARTS) is 1. The first-order valence-corrected chi connectivity index (χ1v) is 7.29. The molecule has 0 saturated carbocycles. The number of rotatable bonds is 7. The lowest BCUT2D eigenvalue weighted by atomic mass is 10.0. The number of hydrogen-bond donors (Lipinski definition) is 2. The number of carbonyl (C=O) groups excluding carboxylic acids is 1. The van der Waals surface area contributed by atoms with Crippen LogP contribution < -0.4 is 5.32 Å². The summed E-state index contributed by atoms with van der Waals surface area (Å²) in [6.45, 7) is 4.17. The summed E-state index contributed by atoms with van der Waals surface area (Å²) in [6, 6.07) is 4.56. The van der Waals surface area contributed by atoms with Crippen molar-refractivity contribution in [3.8, 4) is 0 Å². The van der Waals surface area contributed by atoms with E-state index in [-0.39, 0.29) is 11.6 Å². The van der Waals surface area contributed by atoms with E-state index in [0.717, 1.165) is 5.69 Å². The van der Waals surface area contributed by atoms with Crippen molar-refractivity contribution in [1.29, 1.82) is 0 Å². The molecule has 0 aliphatic heterocycles. The average Bonchev–Trinajstić information content (AvgIpc) is 2.95. The molecule has 2 rings (SSSR count). The highest BCUT2D eigenvalue weighted by molar-refractivity contribution is 5.94. The molecule has 0 aromatic carbocycles. The predicted octanol–water partition coefficient (Wildman–Crippen LogP) is 0.950. The second kappa shape index (κ2) is 7.48. The highest BCUT2D eigenvalue weighted by Gasteiger charge is 2.23. The van der Waals surface area contributed by atoms with E-state index in [1.54, 1.807) is 6.20 Å². The fourth-order valence-electron chi connectivity index (χ4n) is 2.06. The Bertz CT molecular complexity index is 669. The van der Waals surface area contributed by atoms with Gasteiger partial charge in [-0.1, -0.05) is 25.1 Å². The van der Waals surface area contributed by atoms with Crippen LogP contribution in [-0.2, 0) is 11.3 Å². The number of nitrogens with zero attached hydrogens (tertiary/aromatic N) is 4. The lowest BCUT2D eigenvalue weighted by Gasteiger charge is -2.15. The Kier molecular flexibility index (Phi) is 5.40. The van der Waals surface area contributed by atoms with Gasteiger partial charge in [-0.3, -0.25) is 9.78 Å². The summed E-state index contributed by atoms with van der Waals surface area (Å²) < 4.78 is 1.48. The Morgan fingerprint density at radius 1 is 1.35 bits per heavy atom. The van der Waals surface area contributed by atoms with Crippen molar-refractivity contribution in [3.63, 3.8) is 0 Å². The third-order valence-electron chi connectivity index (χ3n) is 3.13. The van der Waals surface area contributed by atoms with Gasteiger partial charge in [-0.15, -0.1) is 5.10 Å². The van der Waals surface area contributed by atoms with E-state index >= 15 is 0 Å². The van der Waals surface area contributed by atoms with E-state index in [0.29, 0.717) is 13.0 Å². The van der Waals surface area contributed by atoms with Gasteiger partial charge in [0.2, 0.25) is 0 Å². The highest BCUT2D eigenvalue weighted by Crippen LogP contribution is 2.06. The molecule has 1 atom stereocenters. The van der Waals surface area contributed by atoms with Gasteiger partial charge >= 0.3 is 5.97 Å². The van der Waals surface area contributed by atoms with Crippen molar-refractivity contribution in [2.24, 2.45) is 5.92 Å². The van der Waals surface area contributed by atoms with Crippen LogP contribution in [0.5, 0.6) is 0 Å². The molecule has 0 radical (unpaired) electrons. The summed E-state index contributed by atoms with van der Waals surface area (Å²) in [7, 11) is 0. The van der Waals surface area contributed by atoms with Crippen LogP contribution in [0.3, 0.4) is 0 Å². The summed E-state index contributed by atoms with van der Waals surface area (Å²) in [6.07, 6.45) is 3.49. The molecule has 122 valence electrons. The molecule has 2 aromatic rings. The fourth-order valence-corrected chi connectivity index (χ4v) is 2.06. The van der Waals surface area contributed by atoms with Gasteiger partial charge in [0.05, 0.1) is 18.4 Å². The number of pyridine rings is 1. The second-order valence-corrected chi connectivity index (χ2v) is 5.62. The Balaban J connectivity index is 2.01. The summed E-state index contributed by atoms with van der Waals surface area (Å²) in [5, 5.41) is 19.3. The zero-order valence-corrected chi connectivity index (χ0v) is 13.0. The predicted molar refractivity (Wildman–Crippen MR) is 81.7 cm³/mol. The summed E-state index contributed by atoms with van der Waals surface area (Å²) in [4.78, 5) is 27.5. The third-order valence-corrected chi connectivity index (χ3v) is 3.13. The Morgan fingerprint density at radius 2 is 2.13 bits per heavy atom. The maximum absolute atomic E-state index is 12.1. The van der Waals surface area contributed by atoms with Crippen LogP contribution >= 0.6 is 0 Å². The van der Waals surface area contributed by atoms with Crippen LogP contribution in [0.1, 0.15) is 36.5 Å². The largest absolute Gasteiger partial charge is 0.480 e. The quantitative estimate of drug-likeness (QED) is 0.786. The molecular formula is C15H19N5O3. The Labute approximate surface area is 133 Å². The molecule has 0 saturated heterocycles. The van der Waals surface area contributed by atoms with E-state index in [1.807, 2.05) is 32.0 Å². The molecule has 0 unspecified atom stereocenters. The zero-order valence-electron chi connectivity index (χ0n) is 13.0. The molecule has 2 N–H and O–H groups in total. The molecule has 2 aromatic heterocycles. The van der Waals surface area contributed by atoms with E-state index in [4.69, 9.17) is 5.11 Å². The van der Waals surface area contributed by atoms with Crippen molar-refractivity contribution < 1.29 is 14.7 Å². The van der Waals surface area contributed by atoms with Crippen LogP contribution in [0.2, 0.25) is 0 Å². The van der Waals surface area contributed by atoms with E-state index in [2.05, 4.69) is 20.6 Å². The molecular weight excluding hydrogens is 298 g/mol. The molecule has 0 aliphatic rings. The van der Waals surface area contributed by atoms with Crippen LogP contribution in [0, 0.1) is 5.92 Å². The standard InChI is InChI=1S/C15H19N5O3/c1-10(2)7-12(15(22)23)17-14(21)13-9-20(19-18-13)8-11-5-3-4-6-16-11/h3-6,9-10,12H,7-8H2,1-2H3,(H,17,21)(H,22,23)/t12-/m0/s1. The lowest BCUT2D eigenvalue weighted by Crippen LogP contribution is -2.41. The lowest BCUT2D eigenvalue weighted by molar-refractivity contribution is -0.139. The fraction of sp³-hybridized carbons (Fsp3) is 0.400. The molecule has 23 heavy (non-hydrogen) atoms. The van der Waals surface area contributed by atoms with E-state index in [1.165, 1.54) is 10.9 Å². The van der Waals surface area contributed by atoms with Crippen molar-refractivity contribution in [2.75, 3.05) is 0 Å². The van der Waals surface area contributed by atoms with Crippen LogP contribution in [0.25, 0.3) is 0 Å². The molecule has 0 bridgehead atoms. The first-order valence-electron chi connectivity index (χ1n) is 7.29. The summed E-state index contributed by atoms with van der Waals surface area (Å²) >= 11 is 0. The maximum Gasteiger partial charge on any atom is 0.326 e. The minimum atomic E-state index is -1.06. The monoisotopic (exact) mass is 317 g/mol. The number of nitrogens with one attached hydrogen (secondary N) is 1. The maximum atomic E-state index is 12.1. The second-order valence-electron chi connectivity index (χ2n) is 5.62. The van der Waals surface area contributed by atoms with Crippen LogP contribution in [0.4, 0.5) is 0 Å². The molecule has 0 fully saturated rings. The molecule has 8 nitrogen and oxygen atoms in total. The number of aromatic nitrogens is 4. The number of carbonyl (C=O) groups is 2. The van der Waals surface area contributed by atoms with Gasteiger partial charge < -0.3 is 10.4 Å². The molecule has 2 heterocycles. The van der Waals surface area contributed by atoms with Crippen LogP contribution in [0.15, 0.2) is 30.6 Å². The first kappa shape index (κ1) is 16.6. The van der Waals surface area contributed by atoms with Crippen molar-refractivity contribution in [2.45, 2.75) is 32.9 Å². The van der Waals surface area contributed by atoms with Gasteiger partial charge in [0.1, 0.15) is 6.04 Å². The van der Waals surface area contributed by atoms with Gasteiger partial charge in [-0.05, 0) is 24.5 Å². The number of amides is 1. The average molecular weight is 317 g/mol. The molecule has 0 spiro atoms. The number of carboxylic acids is 1. The smallest absolute Gasteiger partial charge is 0.326 e. The number of aliphatic carboxylic acids is 1. The molecule has 8 heteroatoms. The Morgan fingerprint density at radius 3 is 2.74 bits per heavy atom. The first-order chi connectivity index (χ1) is 11.0. The van der Waals surface area contributed by atoms with E-state index in [9.17, 15) is 9.59 Å². The van der Waals surface area contributed by atoms with Gasteiger partial charge in [-0.25, -0.2) is 9.48 Å². The zero-order chi connectivity index (χ0) is 16.8. The minimum absolute atomic E-state index is 0.0796. The topological polar surface area (TPSA) is 110 Å². The normalized spacial score (nSPS) is 12.1. The van der Waals surface area contributed by atoms with Gasteiger partial charge in [0.15, 0.2) is 5.69 Å². The van der Waals surface area contributed by atoms with E-state index < -0.39 is 17.9 Å². The Hall–Kier alpha value is -2.77. The van der Waals surface area contributed by atoms with Crippen LogP contribution in [-0.4, -0.2) is 43.0 Å². The summed E-state index contributed by atoms with van der Waals surface area (Å²) in [5.41, 5.74) is 0.864. The SMILES string of the molecule is CC(C)C[C@H](NC(=O)c1cn(Cc2ccccn2)nn1)C(=O)O. The van der Waals surface area contributed by atoms with Crippen molar-refractivity contribution in [3.05, 3.63) is 42.0 Å². The molecule has 1 amide bonds.